The minimum absolute atomic E-state index is 0.0718. The molecule has 0 amide bonds. The van der Waals surface area contributed by atoms with Crippen LogP contribution in [-0.4, -0.2) is 35.1 Å². The lowest BCUT2D eigenvalue weighted by atomic mass is 10.4. The van der Waals surface area contributed by atoms with Crippen molar-refractivity contribution in [3.63, 3.8) is 0 Å². The van der Waals surface area contributed by atoms with E-state index in [1.54, 1.807) is 4.68 Å². The minimum Gasteiger partial charge on any atom is -0.381 e. The van der Waals surface area contributed by atoms with Crippen molar-refractivity contribution in [2.45, 2.75) is 51.6 Å². The molecule has 0 aromatic carbocycles. The van der Waals surface area contributed by atoms with Crippen LogP contribution in [0.4, 0.5) is 5.82 Å². The molecule has 6 nitrogen and oxygen atoms in total. The van der Waals surface area contributed by atoms with Crippen LogP contribution in [0.2, 0.25) is 0 Å². The number of aromatic nitrogens is 2. The van der Waals surface area contributed by atoms with E-state index in [4.69, 9.17) is 5.73 Å². The third kappa shape index (κ3) is 2.84. The molecule has 0 radical (unpaired) electrons. The fourth-order valence-corrected chi connectivity index (χ4v) is 3.61. The summed E-state index contributed by atoms with van der Waals surface area (Å²) in [5.74, 6) is 0.0718. The van der Waals surface area contributed by atoms with Gasteiger partial charge in [0.25, 0.3) is 0 Å². The topological polar surface area (TPSA) is 81.2 Å². The molecule has 1 heterocycles. The molecule has 2 N–H and O–H groups in total. The molecule has 0 fully saturated rings. The van der Waals surface area contributed by atoms with E-state index >= 15 is 0 Å². The average Bonchev–Trinajstić information content (AvgIpc) is 2.60. The first kappa shape index (κ1) is 15.0. The molecule has 1 aromatic rings. The first-order valence-corrected chi connectivity index (χ1v) is 7.63. The summed E-state index contributed by atoms with van der Waals surface area (Å²) in [5, 5.41) is 4.03. The van der Waals surface area contributed by atoms with Gasteiger partial charge in [0.05, 0.1) is 0 Å². The van der Waals surface area contributed by atoms with Crippen molar-refractivity contribution in [3.8, 4) is 0 Å². The Morgan fingerprint density at radius 3 is 2.50 bits per heavy atom. The van der Waals surface area contributed by atoms with Crippen molar-refractivity contribution >= 4 is 15.8 Å². The van der Waals surface area contributed by atoms with Crippen molar-refractivity contribution < 1.29 is 8.42 Å². The predicted octanol–water partition coefficient (Wildman–Crippen LogP) is 1.29. The number of nitrogen functional groups attached to an aromatic ring is 1. The highest BCUT2D eigenvalue weighted by atomic mass is 32.2. The molecule has 0 spiro atoms. The van der Waals surface area contributed by atoms with Crippen molar-refractivity contribution in [2.75, 3.05) is 12.3 Å². The van der Waals surface area contributed by atoms with Gasteiger partial charge in [-0.05, 0) is 20.3 Å². The van der Waals surface area contributed by atoms with Crippen LogP contribution < -0.4 is 5.73 Å². The number of anilines is 1. The van der Waals surface area contributed by atoms with Crippen LogP contribution in [0.3, 0.4) is 0 Å². The number of rotatable bonds is 6. The summed E-state index contributed by atoms with van der Waals surface area (Å²) >= 11 is 0. The standard InChI is InChI=1S/C11H22N4O2S/c1-5-7-14-8-10(11(12)13-14)18(16,17)15(6-2)9(3)4/h8-9H,5-7H2,1-4H3,(H2,12,13). The second-order valence-electron chi connectivity index (χ2n) is 4.44. The number of nitrogens with zero attached hydrogens (tertiary/aromatic N) is 3. The van der Waals surface area contributed by atoms with E-state index in [0.29, 0.717) is 13.1 Å². The van der Waals surface area contributed by atoms with E-state index in [1.807, 2.05) is 27.7 Å². The van der Waals surface area contributed by atoms with Gasteiger partial charge in [-0.25, -0.2) is 8.42 Å². The van der Waals surface area contributed by atoms with Gasteiger partial charge in [0.15, 0.2) is 5.82 Å². The molecule has 104 valence electrons. The lowest BCUT2D eigenvalue weighted by molar-refractivity contribution is 0.369. The first-order chi connectivity index (χ1) is 8.34. The zero-order chi connectivity index (χ0) is 13.9. The Morgan fingerprint density at radius 2 is 2.06 bits per heavy atom. The molecule has 0 unspecified atom stereocenters. The van der Waals surface area contributed by atoms with E-state index in [0.717, 1.165) is 6.42 Å². The third-order valence-electron chi connectivity index (χ3n) is 2.68. The molecule has 0 bridgehead atoms. The van der Waals surface area contributed by atoms with Gasteiger partial charge in [-0.15, -0.1) is 0 Å². The Balaban J connectivity index is 3.19. The second kappa shape index (κ2) is 5.71. The van der Waals surface area contributed by atoms with Crippen LogP contribution in [0.5, 0.6) is 0 Å². The van der Waals surface area contributed by atoms with Crippen molar-refractivity contribution in [1.29, 1.82) is 0 Å². The minimum atomic E-state index is -3.55. The van der Waals surface area contributed by atoms with E-state index in [-0.39, 0.29) is 16.8 Å². The molecule has 0 aliphatic heterocycles. The van der Waals surface area contributed by atoms with Gasteiger partial charge in [-0.1, -0.05) is 13.8 Å². The SMILES string of the molecule is CCCn1cc(S(=O)(=O)N(CC)C(C)C)c(N)n1. The Morgan fingerprint density at radius 1 is 1.44 bits per heavy atom. The Hall–Kier alpha value is -1.08. The highest BCUT2D eigenvalue weighted by molar-refractivity contribution is 7.89. The van der Waals surface area contributed by atoms with E-state index < -0.39 is 10.0 Å². The largest absolute Gasteiger partial charge is 0.381 e. The summed E-state index contributed by atoms with van der Waals surface area (Å²) in [5.41, 5.74) is 5.71. The maximum Gasteiger partial charge on any atom is 0.248 e. The monoisotopic (exact) mass is 274 g/mol. The highest BCUT2D eigenvalue weighted by Gasteiger charge is 2.29. The quantitative estimate of drug-likeness (QED) is 0.847. The van der Waals surface area contributed by atoms with Crippen LogP contribution in [0, 0.1) is 0 Å². The third-order valence-corrected chi connectivity index (χ3v) is 4.85. The molecular weight excluding hydrogens is 252 g/mol. The fourth-order valence-electron chi connectivity index (χ4n) is 1.90. The predicted molar refractivity (Wildman–Crippen MR) is 71.6 cm³/mol. The number of hydrogen-bond acceptors (Lipinski definition) is 4. The smallest absolute Gasteiger partial charge is 0.248 e. The average molecular weight is 274 g/mol. The molecule has 0 saturated carbocycles. The van der Waals surface area contributed by atoms with Gasteiger partial charge in [0, 0.05) is 25.3 Å². The number of nitrogens with two attached hydrogens (primary N) is 1. The maximum atomic E-state index is 12.4. The summed E-state index contributed by atoms with van der Waals surface area (Å²) in [7, 11) is -3.55. The van der Waals surface area contributed by atoms with Crippen molar-refractivity contribution in [2.24, 2.45) is 0 Å². The molecule has 0 atom stereocenters. The zero-order valence-corrected chi connectivity index (χ0v) is 12.2. The molecule has 18 heavy (non-hydrogen) atoms. The summed E-state index contributed by atoms with van der Waals surface area (Å²) in [6.45, 7) is 8.57. The zero-order valence-electron chi connectivity index (χ0n) is 11.4. The molecule has 1 aromatic heterocycles. The van der Waals surface area contributed by atoms with Crippen LogP contribution >= 0.6 is 0 Å². The van der Waals surface area contributed by atoms with Crippen LogP contribution in [0.1, 0.15) is 34.1 Å². The molecule has 0 saturated heterocycles. The molecule has 1 rings (SSSR count). The molecule has 7 heteroatoms. The number of sulfonamides is 1. The van der Waals surface area contributed by atoms with E-state index in [1.165, 1.54) is 10.5 Å². The van der Waals surface area contributed by atoms with Crippen molar-refractivity contribution in [1.82, 2.24) is 14.1 Å². The van der Waals surface area contributed by atoms with E-state index in [9.17, 15) is 8.42 Å². The Labute approximate surface area is 109 Å². The van der Waals surface area contributed by atoms with Gasteiger partial charge in [0.1, 0.15) is 4.90 Å². The van der Waals surface area contributed by atoms with Crippen LogP contribution in [0.25, 0.3) is 0 Å². The van der Waals surface area contributed by atoms with Gasteiger partial charge >= 0.3 is 0 Å². The van der Waals surface area contributed by atoms with Gasteiger partial charge < -0.3 is 5.73 Å². The van der Waals surface area contributed by atoms with Gasteiger partial charge in [0.2, 0.25) is 10.0 Å². The van der Waals surface area contributed by atoms with Gasteiger partial charge in [-0.3, -0.25) is 4.68 Å². The molecular formula is C11H22N4O2S. The normalized spacial score (nSPS) is 12.6. The first-order valence-electron chi connectivity index (χ1n) is 6.19. The second-order valence-corrected chi connectivity index (χ2v) is 6.30. The summed E-state index contributed by atoms with van der Waals surface area (Å²) < 4.78 is 27.9. The Bertz CT molecular complexity index is 493. The van der Waals surface area contributed by atoms with Gasteiger partial charge in [-0.2, -0.15) is 9.40 Å². The fraction of sp³-hybridized carbons (Fsp3) is 0.727. The van der Waals surface area contributed by atoms with Crippen LogP contribution in [0.15, 0.2) is 11.1 Å². The molecule has 0 aliphatic rings. The summed E-state index contributed by atoms with van der Waals surface area (Å²) in [6, 6.07) is -0.103. The Kier molecular flexibility index (Phi) is 4.75. The lowest BCUT2D eigenvalue weighted by Crippen LogP contribution is -2.36. The summed E-state index contributed by atoms with van der Waals surface area (Å²) in [4.78, 5) is 0.103. The highest BCUT2D eigenvalue weighted by Crippen LogP contribution is 2.22. The van der Waals surface area contributed by atoms with Crippen molar-refractivity contribution in [3.05, 3.63) is 6.20 Å². The maximum absolute atomic E-state index is 12.4. The van der Waals surface area contributed by atoms with E-state index in [2.05, 4.69) is 5.10 Å². The summed E-state index contributed by atoms with van der Waals surface area (Å²) in [6.07, 6.45) is 2.39. The number of aryl methyl sites for hydroxylation is 1. The molecule has 0 aliphatic carbocycles. The lowest BCUT2D eigenvalue weighted by Gasteiger charge is -2.23. The van der Waals surface area contributed by atoms with Crippen LogP contribution in [-0.2, 0) is 16.6 Å². The number of hydrogen-bond donors (Lipinski definition) is 1.